The molecule has 1 aromatic carbocycles. The second-order valence-electron chi connectivity index (χ2n) is 8.17. The number of hydrogen-bond acceptors (Lipinski definition) is 1. The lowest BCUT2D eigenvalue weighted by Gasteiger charge is -2.57. The highest BCUT2D eigenvalue weighted by Crippen LogP contribution is 2.60. The van der Waals surface area contributed by atoms with E-state index in [1.165, 1.54) is 38.5 Å². The molecule has 1 heterocycles. The van der Waals surface area contributed by atoms with Crippen LogP contribution in [0.25, 0.3) is 0 Å². The third kappa shape index (κ3) is 2.13. The number of nitrogens with one attached hydrogen (secondary N) is 1. The first-order valence-electron chi connectivity index (χ1n) is 8.86. The van der Waals surface area contributed by atoms with E-state index in [1.807, 2.05) is 30.3 Å². The van der Waals surface area contributed by atoms with Crippen molar-refractivity contribution >= 4 is 12.7 Å². The Hall–Kier alpha value is -0.630. The van der Waals surface area contributed by atoms with Gasteiger partial charge in [0.25, 0.3) is 0 Å². The number of benzene rings is 1. The molecule has 0 spiro atoms. The summed E-state index contributed by atoms with van der Waals surface area (Å²) >= 11 is 0. The van der Waals surface area contributed by atoms with Crippen LogP contribution in [0.15, 0.2) is 30.3 Å². The molecule has 1 aromatic rings. The quantitative estimate of drug-likeness (QED) is 0.683. The van der Waals surface area contributed by atoms with Gasteiger partial charge in [0, 0.05) is 23.9 Å². The molecule has 4 heteroatoms. The topological polar surface area (TPSA) is 32.1 Å². The zero-order chi connectivity index (χ0) is 14.8. The van der Waals surface area contributed by atoms with Crippen LogP contribution >= 0.6 is 7.44 Å². The predicted octanol–water partition coefficient (Wildman–Crippen LogP) is 3.38. The molecule has 4 aliphatic carbocycles. The zero-order valence-electron chi connectivity index (χ0n) is 13.1. The SMILES string of the molecule is O=[P@@](NC12CC3CC(CC(C3)C1)C2)(c1ccccc1)N1CC1. The fourth-order valence-electron chi connectivity index (χ4n) is 5.82. The van der Waals surface area contributed by atoms with Gasteiger partial charge in [-0.1, -0.05) is 18.2 Å². The number of nitrogens with zero attached hydrogens (tertiary/aromatic N) is 1. The maximum atomic E-state index is 13.9. The Balaban J connectivity index is 1.49. The van der Waals surface area contributed by atoms with Crippen molar-refractivity contribution in [2.24, 2.45) is 17.8 Å². The normalized spacial score (nSPS) is 42.3. The van der Waals surface area contributed by atoms with Gasteiger partial charge in [0.1, 0.15) is 0 Å². The summed E-state index contributed by atoms with van der Waals surface area (Å²) in [6.45, 7) is 1.96. The van der Waals surface area contributed by atoms with E-state index in [4.69, 9.17) is 0 Å². The summed E-state index contributed by atoms with van der Waals surface area (Å²) in [6, 6.07) is 10.2. The van der Waals surface area contributed by atoms with E-state index in [2.05, 4.69) is 9.76 Å². The lowest BCUT2D eigenvalue weighted by atomic mass is 9.53. The van der Waals surface area contributed by atoms with Crippen molar-refractivity contribution in [1.82, 2.24) is 9.76 Å². The molecule has 0 aromatic heterocycles. The molecule has 6 rings (SSSR count). The first-order chi connectivity index (χ1) is 10.7. The average molecular weight is 316 g/mol. The van der Waals surface area contributed by atoms with Crippen molar-refractivity contribution in [3.05, 3.63) is 30.3 Å². The molecule has 4 saturated carbocycles. The Morgan fingerprint density at radius 3 is 2.00 bits per heavy atom. The van der Waals surface area contributed by atoms with Crippen molar-refractivity contribution < 1.29 is 4.57 Å². The lowest BCUT2D eigenvalue weighted by Crippen LogP contribution is -2.58. The van der Waals surface area contributed by atoms with Crippen LogP contribution in [0.3, 0.4) is 0 Å². The van der Waals surface area contributed by atoms with Gasteiger partial charge < -0.3 is 0 Å². The molecule has 0 radical (unpaired) electrons. The Labute approximate surface area is 132 Å². The Kier molecular flexibility index (Phi) is 2.94. The van der Waals surface area contributed by atoms with E-state index >= 15 is 0 Å². The molecular formula is C18H25N2OP. The van der Waals surface area contributed by atoms with Crippen molar-refractivity contribution in [2.45, 2.75) is 44.1 Å². The highest BCUT2D eigenvalue weighted by Gasteiger charge is 2.54. The van der Waals surface area contributed by atoms with Gasteiger partial charge in [0.05, 0.1) is 0 Å². The van der Waals surface area contributed by atoms with Crippen LogP contribution in [0.5, 0.6) is 0 Å². The summed E-state index contributed by atoms with van der Waals surface area (Å²) in [4.78, 5) is 0. The molecule has 1 aliphatic heterocycles. The van der Waals surface area contributed by atoms with Crippen LogP contribution in [0.2, 0.25) is 0 Å². The van der Waals surface area contributed by atoms with E-state index in [9.17, 15) is 4.57 Å². The number of hydrogen-bond donors (Lipinski definition) is 1. The summed E-state index contributed by atoms with van der Waals surface area (Å²) in [6.07, 6.45) is 8.05. The van der Waals surface area contributed by atoms with Gasteiger partial charge in [-0.25, -0.2) is 9.76 Å². The van der Waals surface area contributed by atoms with Gasteiger partial charge in [0.2, 0.25) is 7.44 Å². The zero-order valence-corrected chi connectivity index (χ0v) is 14.0. The minimum Gasteiger partial charge on any atom is -0.284 e. The third-order valence-electron chi connectivity index (χ3n) is 6.36. The van der Waals surface area contributed by atoms with Crippen molar-refractivity contribution in [1.29, 1.82) is 0 Å². The van der Waals surface area contributed by atoms with E-state index in [-0.39, 0.29) is 5.54 Å². The second-order valence-corrected chi connectivity index (χ2v) is 10.6. The van der Waals surface area contributed by atoms with Crippen molar-refractivity contribution in [2.75, 3.05) is 13.1 Å². The fraction of sp³-hybridized carbons (Fsp3) is 0.667. The van der Waals surface area contributed by atoms with Gasteiger partial charge in [0.15, 0.2) is 0 Å². The molecule has 1 saturated heterocycles. The summed E-state index contributed by atoms with van der Waals surface area (Å²) in [5.74, 6) is 2.66. The minimum absolute atomic E-state index is 0.155. The molecule has 5 fully saturated rings. The standard InChI is InChI=1S/C18H25N2OP/c21-22(20-6-7-20,17-4-2-1-3-5-17)19-18-11-14-8-15(12-18)10-16(9-14)13-18/h1-5,14-16H,6-13H2,(H,19,21)/t14?,15?,16?,18?,22-/m1/s1. The highest BCUT2D eigenvalue weighted by atomic mass is 31.2. The minimum atomic E-state index is -2.60. The summed E-state index contributed by atoms with van der Waals surface area (Å²) in [7, 11) is -2.60. The molecule has 1 atom stereocenters. The monoisotopic (exact) mass is 316 g/mol. The summed E-state index contributed by atoms with van der Waals surface area (Å²) < 4.78 is 16.0. The summed E-state index contributed by atoms with van der Waals surface area (Å²) in [5, 5.41) is 4.80. The van der Waals surface area contributed by atoms with Crippen LogP contribution < -0.4 is 10.4 Å². The average Bonchev–Trinajstić information content (AvgIpc) is 3.31. The van der Waals surface area contributed by atoms with Crippen molar-refractivity contribution in [3.63, 3.8) is 0 Å². The first-order valence-corrected chi connectivity index (χ1v) is 10.5. The van der Waals surface area contributed by atoms with Gasteiger partial charge in [-0.3, -0.25) is 4.57 Å². The van der Waals surface area contributed by atoms with E-state index in [0.29, 0.717) is 0 Å². The maximum absolute atomic E-state index is 13.9. The molecule has 1 N–H and O–H groups in total. The van der Waals surface area contributed by atoms with Crippen LogP contribution in [-0.4, -0.2) is 23.3 Å². The van der Waals surface area contributed by atoms with E-state index < -0.39 is 7.44 Å². The molecule has 0 amide bonds. The number of rotatable bonds is 4. The highest BCUT2D eigenvalue weighted by molar-refractivity contribution is 7.67. The molecule has 5 aliphatic rings. The Morgan fingerprint density at radius 2 is 1.50 bits per heavy atom. The van der Waals surface area contributed by atoms with Crippen LogP contribution in [-0.2, 0) is 4.57 Å². The van der Waals surface area contributed by atoms with Crippen molar-refractivity contribution in [3.8, 4) is 0 Å². The maximum Gasteiger partial charge on any atom is 0.243 e. The third-order valence-corrected chi connectivity index (χ3v) is 9.33. The van der Waals surface area contributed by atoms with Crippen LogP contribution in [0, 0.1) is 17.8 Å². The molecule has 22 heavy (non-hydrogen) atoms. The van der Waals surface area contributed by atoms with Gasteiger partial charge >= 0.3 is 0 Å². The molecule has 0 unspecified atom stereocenters. The molecular weight excluding hydrogens is 291 g/mol. The van der Waals surface area contributed by atoms with Crippen LogP contribution in [0.4, 0.5) is 0 Å². The Morgan fingerprint density at radius 1 is 0.955 bits per heavy atom. The molecule has 4 bridgehead atoms. The first kappa shape index (κ1) is 13.8. The van der Waals surface area contributed by atoms with Gasteiger partial charge in [-0.05, 0) is 68.4 Å². The van der Waals surface area contributed by atoms with Crippen LogP contribution in [0.1, 0.15) is 38.5 Å². The largest absolute Gasteiger partial charge is 0.284 e. The van der Waals surface area contributed by atoms with E-state index in [1.54, 1.807) is 0 Å². The lowest BCUT2D eigenvalue weighted by molar-refractivity contribution is -0.00873. The smallest absolute Gasteiger partial charge is 0.243 e. The van der Waals surface area contributed by atoms with Gasteiger partial charge in [-0.15, -0.1) is 0 Å². The summed E-state index contributed by atoms with van der Waals surface area (Å²) in [5.41, 5.74) is 0.155. The molecule has 118 valence electrons. The predicted molar refractivity (Wildman–Crippen MR) is 89.3 cm³/mol. The molecule has 3 nitrogen and oxygen atoms in total. The Bertz CT molecular complexity index is 590. The fourth-order valence-corrected chi connectivity index (χ4v) is 8.57. The second kappa shape index (κ2) is 4.69. The van der Waals surface area contributed by atoms with E-state index in [0.717, 1.165) is 36.1 Å². The van der Waals surface area contributed by atoms with Gasteiger partial charge in [-0.2, -0.15) is 0 Å².